The van der Waals surface area contributed by atoms with Crippen molar-refractivity contribution in [3.05, 3.63) is 69.9 Å². The number of rotatable bonds is 8. The summed E-state index contributed by atoms with van der Waals surface area (Å²) in [6.45, 7) is 10.3. The van der Waals surface area contributed by atoms with E-state index >= 15 is 0 Å². The highest BCUT2D eigenvalue weighted by Gasteiger charge is 2.18. The first-order valence-corrected chi connectivity index (χ1v) is 10.9. The lowest BCUT2D eigenvalue weighted by atomic mass is 10.1. The Hall–Kier alpha value is -3.10. The van der Waals surface area contributed by atoms with E-state index in [4.69, 9.17) is 16.0 Å². The lowest BCUT2D eigenvalue weighted by Gasteiger charge is -2.15. The van der Waals surface area contributed by atoms with E-state index in [0.717, 1.165) is 35.7 Å². The van der Waals surface area contributed by atoms with Gasteiger partial charge in [0.05, 0.1) is 24.3 Å². The fraction of sp³-hybridized carbons (Fsp3) is 0.348. The molecule has 0 atom stereocenters. The van der Waals surface area contributed by atoms with Gasteiger partial charge in [-0.25, -0.2) is 4.68 Å². The summed E-state index contributed by atoms with van der Waals surface area (Å²) in [5.41, 5.74) is 8.10. The molecule has 2 heterocycles. The monoisotopic (exact) mass is 457 g/mol. The normalized spacial score (nSPS) is 11.1. The van der Waals surface area contributed by atoms with Gasteiger partial charge in [0, 0.05) is 16.3 Å². The minimum Gasteiger partial charge on any atom is -0.454 e. The summed E-state index contributed by atoms with van der Waals surface area (Å²) in [5, 5.41) is 5.17. The van der Waals surface area contributed by atoms with Crippen LogP contribution < -0.4 is 10.9 Å². The molecule has 2 N–H and O–H groups in total. The highest BCUT2D eigenvalue weighted by Crippen LogP contribution is 2.20. The smallest absolute Gasteiger partial charge is 0.305 e. The Morgan fingerprint density at radius 1 is 1.06 bits per heavy atom. The molecular formula is C23H28ClN5O3. The van der Waals surface area contributed by atoms with Crippen LogP contribution in [-0.2, 0) is 17.8 Å². The second-order valence-corrected chi connectivity index (χ2v) is 7.88. The second-order valence-electron chi connectivity index (χ2n) is 7.44. The summed E-state index contributed by atoms with van der Waals surface area (Å²) in [6, 6.07) is 10.7. The van der Waals surface area contributed by atoms with Crippen molar-refractivity contribution in [2.24, 2.45) is 0 Å². The Kier molecular flexibility index (Phi) is 7.71. The van der Waals surface area contributed by atoms with Crippen LogP contribution in [0, 0.1) is 13.8 Å². The van der Waals surface area contributed by atoms with Gasteiger partial charge in [0.25, 0.3) is 0 Å². The summed E-state index contributed by atoms with van der Waals surface area (Å²) in [7, 11) is 0. The van der Waals surface area contributed by atoms with Gasteiger partial charge in [-0.15, -0.1) is 0 Å². The lowest BCUT2D eigenvalue weighted by molar-refractivity contribution is -0.121. The van der Waals surface area contributed by atoms with E-state index in [2.05, 4.69) is 34.7 Å². The first-order valence-electron chi connectivity index (χ1n) is 10.5. The Morgan fingerprint density at radius 3 is 2.41 bits per heavy atom. The third-order valence-corrected chi connectivity index (χ3v) is 5.58. The van der Waals surface area contributed by atoms with Crippen molar-refractivity contribution in [3.63, 3.8) is 0 Å². The molecule has 8 nitrogen and oxygen atoms in total. The van der Waals surface area contributed by atoms with Gasteiger partial charge in [0.1, 0.15) is 5.76 Å². The standard InChI is InChI=1S/C23H28ClN5O3/c1-5-28(6-2)14-19-11-12-21(32-19)23(31)26-25-22(30)13-20-15(3)27-29(16(20)4)18-9-7-17(24)8-10-18/h7-12H,5-6,13-14H2,1-4H3,(H,25,30)(H,26,31). The van der Waals surface area contributed by atoms with E-state index < -0.39 is 5.91 Å². The largest absolute Gasteiger partial charge is 0.454 e. The predicted octanol–water partition coefficient (Wildman–Crippen LogP) is 3.58. The van der Waals surface area contributed by atoms with Crippen LogP contribution in [-0.4, -0.2) is 39.6 Å². The molecule has 9 heteroatoms. The van der Waals surface area contributed by atoms with E-state index in [-0.39, 0.29) is 18.1 Å². The molecule has 0 spiro atoms. The number of benzene rings is 1. The third kappa shape index (κ3) is 5.57. The van der Waals surface area contributed by atoms with Gasteiger partial charge in [0.2, 0.25) is 5.91 Å². The number of nitrogens with zero attached hydrogens (tertiary/aromatic N) is 3. The summed E-state index contributed by atoms with van der Waals surface area (Å²) >= 11 is 5.96. The van der Waals surface area contributed by atoms with Crippen LogP contribution in [0.1, 0.15) is 47.1 Å². The number of hydrazine groups is 1. The SMILES string of the molecule is CCN(CC)Cc1ccc(C(=O)NNC(=O)Cc2c(C)nn(-c3ccc(Cl)cc3)c2C)o1. The van der Waals surface area contributed by atoms with Gasteiger partial charge < -0.3 is 4.42 Å². The number of carbonyl (C=O) groups excluding carboxylic acids is 2. The molecule has 0 saturated heterocycles. The van der Waals surface area contributed by atoms with Crippen molar-refractivity contribution in [1.29, 1.82) is 0 Å². The minimum absolute atomic E-state index is 0.0803. The number of hydrogen-bond acceptors (Lipinski definition) is 5. The first kappa shape index (κ1) is 23.6. The van der Waals surface area contributed by atoms with Crippen LogP contribution in [0.5, 0.6) is 0 Å². The van der Waals surface area contributed by atoms with Crippen LogP contribution in [0.4, 0.5) is 0 Å². The number of hydrogen-bond donors (Lipinski definition) is 2. The molecule has 2 aromatic heterocycles. The van der Waals surface area contributed by atoms with E-state index in [0.29, 0.717) is 17.3 Å². The Bertz CT molecular complexity index is 1080. The van der Waals surface area contributed by atoms with E-state index in [9.17, 15) is 9.59 Å². The summed E-state index contributed by atoms with van der Waals surface area (Å²) in [5.74, 6) is -0.00834. The molecule has 0 saturated carbocycles. The summed E-state index contributed by atoms with van der Waals surface area (Å²) in [4.78, 5) is 27.0. The molecule has 0 fully saturated rings. The van der Waals surface area contributed by atoms with E-state index in [1.54, 1.807) is 28.9 Å². The van der Waals surface area contributed by atoms with Gasteiger partial charge in [-0.2, -0.15) is 5.10 Å². The van der Waals surface area contributed by atoms with E-state index in [1.807, 2.05) is 26.0 Å². The Morgan fingerprint density at radius 2 is 1.75 bits per heavy atom. The van der Waals surface area contributed by atoms with Crippen molar-refractivity contribution in [1.82, 2.24) is 25.5 Å². The van der Waals surface area contributed by atoms with Crippen molar-refractivity contribution < 1.29 is 14.0 Å². The number of halogens is 1. The molecule has 0 bridgehead atoms. The van der Waals surface area contributed by atoms with Gasteiger partial charge >= 0.3 is 5.91 Å². The van der Waals surface area contributed by atoms with Crippen LogP contribution >= 0.6 is 11.6 Å². The molecule has 0 aliphatic rings. The fourth-order valence-corrected chi connectivity index (χ4v) is 3.54. The number of aromatic nitrogens is 2. The van der Waals surface area contributed by atoms with Crippen molar-refractivity contribution in [3.8, 4) is 5.69 Å². The summed E-state index contributed by atoms with van der Waals surface area (Å²) in [6.07, 6.45) is 0.0803. The van der Waals surface area contributed by atoms with Crippen LogP contribution in [0.15, 0.2) is 40.8 Å². The molecule has 0 radical (unpaired) electrons. The fourth-order valence-electron chi connectivity index (χ4n) is 3.41. The average Bonchev–Trinajstić information content (AvgIpc) is 3.36. The van der Waals surface area contributed by atoms with Crippen LogP contribution in [0.25, 0.3) is 5.69 Å². The zero-order valence-electron chi connectivity index (χ0n) is 18.7. The molecule has 0 aliphatic heterocycles. The average molecular weight is 458 g/mol. The Balaban J connectivity index is 1.59. The highest BCUT2D eigenvalue weighted by molar-refractivity contribution is 6.30. The quantitative estimate of drug-likeness (QED) is 0.504. The number of amides is 2. The minimum atomic E-state index is -0.505. The third-order valence-electron chi connectivity index (χ3n) is 5.32. The van der Waals surface area contributed by atoms with E-state index in [1.165, 1.54) is 0 Å². The molecule has 170 valence electrons. The number of furan rings is 1. The van der Waals surface area contributed by atoms with Gasteiger partial charge in [-0.05, 0) is 63.3 Å². The van der Waals surface area contributed by atoms with Gasteiger partial charge in [-0.3, -0.25) is 25.3 Å². The number of nitrogens with one attached hydrogen (secondary N) is 2. The Labute approximate surface area is 192 Å². The molecule has 0 unspecified atom stereocenters. The molecule has 0 aliphatic carbocycles. The first-order chi connectivity index (χ1) is 15.3. The number of aryl methyl sites for hydroxylation is 1. The molecule has 3 rings (SSSR count). The van der Waals surface area contributed by atoms with Crippen molar-refractivity contribution in [2.75, 3.05) is 13.1 Å². The van der Waals surface area contributed by atoms with Crippen LogP contribution in [0.3, 0.4) is 0 Å². The molecule has 1 aromatic carbocycles. The van der Waals surface area contributed by atoms with Crippen LogP contribution in [0.2, 0.25) is 5.02 Å². The lowest BCUT2D eigenvalue weighted by Crippen LogP contribution is -2.42. The van der Waals surface area contributed by atoms with Crippen molar-refractivity contribution in [2.45, 2.75) is 40.7 Å². The maximum absolute atomic E-state index is 12.5. The zero-order chi connectivity index (χ0) is 23.3. The topological polar surface area (TPSA) is 92.4 Å². The number of carbonyl (C=O) groups is 2. The molecule has 3 aromatic rings. The second kappa shape index (κ2) is 10.5. The maximum Gasteiger partial charge on any atom is 0.305 e. The zero-order valence-corrected chi connectivity index (χ0v) is 19.5. The maximum atomic E-state index is 12.5. The highest BCUT2D eigenvalue weighted by atomic mass is 35.5. The molecule has 32 heavy (non-hydrogen) atoms. The van der Waals surface area contributed by atoms with Gasteiger partial charge in [0.15, 0.2) is 5.76 Å². The van der Waals surface area contributed by atoms with Gasteiger partial charge in [-0.1, -0.05) is 25.4 Å². The predicted molar refractivity (Wildman–Crippen MR) is 123 cm³/mol. The molecule has 2 amide bonds. The molecular weight excluding hydrogens is 430 g/mol. The summed E-state index contributed by atoms with van der Waals surface area (Å²) < 4.78 is 7.37. The van der Waals surface area contributed by atoms with Crippen molar-refractivity contribution >= 4 is 23.4 Å².